The molecule has 0 fully saturated rings. The van der Waals surface area contributed by atoms with Crippen molar-refractivity contribution >= 4 is 10.9 Å². The van der Waals surface area contributed by atoms with E-state index in [1.807, 2.05) is 48.5 Å². The fourth-order valence-electron chi connectivity index (χ4n) is 4.23. The Morgan fingerprint density at radius 2 is 1.76 bits per heavy atom. The number of pyridine rings is 1. The molecule has 0 radical (unpaired) electrons. The lowest BCUT2D eigenvalue weighted by Gasteiger charge is -2.16. The summed E-state index contributed by atoms with van der Waals surface area (Å²) in [6.45, 7) is 9.64. The van der Waals surface area contributed by atoms with Crippen LogP contribution in [-0.4, -0.2) is 16.3 Å². The summed E-state index contributed by atoms with van der Waals surface area (Å²) in [5, 5.41) is 11.6. The number of benzene rings is 2. The zero-order valence-electron chi connectivity index (χ0n) is 22.8. The van der Waals surface area contributed by atoms with Crippen LogP contribution in [0.25, 0.3) is 10.9 Å². The van der Waals surface area contributed by atoms with E-state index in [9.17, 15) is 9.90 Å². The number of fused-ring (bicyclic) bond motifs is 1. The van der Waals surface area contributed by atoms with E-state index in [1.165, 1.54) is 11.1 Å². The minimum absolute atomic E-state index is 0.00861. The maximum absolute atomic E-state index is 13.5. The summed E-state index contributed by atoms with van der Waals surface area (Å²) in [4.78, 5) is 13.5. The number of hydrogen-bond acceptors (Lipinski definition) is 4. The molecule has 0 spiro atoms. The molecule has 0 atom stereocenters. The molecule has 3 rings (SSSR count). The first-order valence-electron chi connectivity index (χ1n) is 13.4. The van der Waals surface area contributed by atoms with Gasteiger partial charge in [-0.1, -0.05) is 73.7 Å². The SMILES string of the molecule is CCCCCCn1c(=O)c(OC/C=C(\C)CCC=C(C)C)c(O)c2ccc(OCc3ccccc3)cc21. The van der Waals surface area contributed by atoms with Crippen LogP contribution >= 0.6 is 0 Å². The van der Waals surface area contributed by atoms with Gasteiger partial charge < -0.3 is 19.1 Å². The van der Waals surface area contributed by atoms with E-state index in [0.717, 1.165) is 44.1 Å². The molecule has 0 amide bonds. The third-order valence-electron chi connectivity index (χ3n) is 6.40. The van der Waals surface area contributed by atoms with Gasteiger partial charge in [-0.25, -0.2) is 0 Å². The highest BCUT2D eigenvalue weighted by Gasteiger charge is 2.18. The van der Waals surface area contributed by atoms with Gasteiger partial charge in [0.2, 0.25) is 5.75 Å². The number of rotatable bonds is 14. The van der Waals surface area contributed by atoms with Crippen LogP contribution in [-0.2, 0) is 13.2 Å². The second kappa shape index (κ2) is 14.3. The molecule has 0 unspecified atom stereocenters. The van der Waals surface area contributed by atoms with Crippen molar-refractivity contribution in [3.63, 3.8) is 0 Å². The van der Waals surface area contributed by atoms with Crippen LogP contribution in [0.3, 0.4) is 0 Å². The highest BCUT2D eigenvalue weighted by atomic mass is 16.5. The fourth-order valence-corrected chi connectivity index (χ4v) is 4.23. The Balaban J connectivity index is 1.86. The number of aryl methyl sites for hydroxylation is 1. The molecule has 1 heterocycles. The van der Waals surface area contributed by atoms with Gasteiger partial charge in [-0.2, -0.15) is 0 Å². The number of aromatic hydroxyl groups is 1. The zero-order valence-corrected chi connectivity index (χ0v) is 22.8. The predicted octanol–water partition coefficient (Wildman–Crippen LogP) is 7.94. The van der Waals surface area contributed by atoms with Crippen LogP contribution in [0.1, 0.15) is 71.8 Å². The van der Waals surface area contributed by atoms with E-state index in [1.54, 1.807) is 10.6 Å². The Bertz CT molecular complexity index is 1270. The molecule has 0 saturated carbocycles. The van der Waals surface area contributed by atoms with E-state index < -0.39 is 0 Å². The maximum atomic E-state index is 13.5. The molecule has 5 heteroatoms. The highest BCUT2D eigenvalue weighted by Crippen LogP contribution is 2.34. The van der Waals surface area contributed by atoms with E-state index in [2.05, 4.69) is 33.8 Å². The van der Waals surface area contributed by atoms with Crippen molar-refractivity contribution in [1.29, 1.82) is 0 Å². The van der Waals surface area contributed by atoms with Crippen molar-refractivity contribution in [2.45, 2.75) is 79.4 Å². The predicted molar refractivity (Wildman–Crippen MR) is 153 cm³/mol. The van der Waals surface area contributed by atoms with Crippen LogP contribution in [0.15, 0.2) is 76.6 Å². The Kier molecular flexibility index (Phi) is 10.9. The Morgan fingerprint density at radius 3 is 2.49 bits per heavy atom. The largest absolute Gasteiger partial charge is 0.504 e. The van der Waals surface area contributed by atoms with Crippen LogP contribution in [0.5, 0.6) is 17.2 Å². The first kappa shape index (κ1) is 28.1. The lowest BCUT2D eigenvalue weighted by molar-refractivity contribution is 0.306. The average molecular weight is 504 g/mol. The zero-order chi connectivity index (χ0) is 26.6. The van der Waals surface area contributed by atoms with E-state index in [-0.39, 0.29) is 23.7 Å². The minimum atomic E-state index is -0.308. The molecule has 5 nitrogen and oxygen atoms in total. The second-order valence-corrected chi connectivity index (χ2v) is 9.83. The van der Waals surface area contributed by atoms with Gasteiger partial charge in [0.1, 0.15) is 19.0 Å². The van der Waals surface area contributed by atoms with Crippen LogP contribution in [0, 0.1) is 0 Å². The Labute approximate surface area is 221 Å². The molecule has 2 aromatic carbocycles. The van der Waals surface area contributed by atoms with Gasteiger partial charge in [-0.05, 0) is 63.8 Å². The maximum Gasteiger partial charge on any atom is 0.297 e. The van der Waals surface area contributed by atoms with Gasteiger partial charge in [-0.15, -0.1) is 0 Å². The molecule has 0 bridgehead atoms. The van der Waals surface area contributed by atoms with Gasteiger partial charge >= 0.3 is 0 Å². The smallest absolute Gasteiger partial charge is 0.297 e. The normalized spacial score (nSPS) is 11.5. The number of aromatic nitrogens is 1. The van der Waals surface area contributed by atoms with Gasteiger partial charge in [0.25, 0.3) is 5.56 Å². The summed E-state index contributed by atoms with van der Waals surface area (Å²) in [6, 6.07) is 15.4. The number of hydrogen-bond donors (Lipinski definition) is 1. The Hall–Kier alpha value is -3.47. The molecule has 37 heavy (non-hydrogen) atoms. The van der Waals surface area contributed by atoms with Crippen molar-refractivity contribution in [3.05, 3.63) is 87.7 Å². The minimum Gasteiger partial charge on any atom is -0.504 e. The molecule has 0 saturated heterocycles. The molecule has 0 aliphatic rings. The lowest BCUT2D eigenvalue weighted by atomic mass is 10.1. The molecule has 3 aromatic rings. The van der Waals surface area contributed by atoms with Gasteiger partial charge in [0, 0.05) is 18.0 Å². The molecular formula is C32H41NO4. The van der Waals surface area contributed by atoms with Crippen molar-refractivity contribution in [3.8, 4) is 17.2 Å². The summed E-state index contributed by atoms with van der Waals surface area (Å²) >= 11 is 0. The third-order valence-corrected chi connectivity index (χ3v) is 6.40. The quantitative estimate of drug-likeness (QED) is 0.179. The molecule has 1 aromatic heterocycles. The topological polar surface area (TPSA) is 60.7 Å². The van der Waals surface area contributed by atoms with Crippen LogP contribution < -0.4 is 15.0 Å². The number of unbranched alkanes of at least 4 members (excludes halogenated alkanes) is 3. The lowest BCUT2D eigenvalue weighted by Crippen LogP contribution is -2.23. The van der Waals surface area contributed by atoms with Crippen molar-refractivity contribution in [2.24, 2.45) is 0 Å². The van der Waals surface area contributed by atoms with Crippen molar-refractivity contribution in [1.82, 2.24) is 4.57 Å². The fraction of sp³-hybridized carbons (Fsp3) is 0.406. The summed E-state index contributed by atoms with van der Waals surface area (Å²) in [7, 11) is 0. The second-order valence-electron chi connectivity index (χ2n) is 9.83. The van der Waals surface area contributed by atoms with Gasteiger partial charge in [-0.3, -0.25) is 4.79 Å². The standard InChI is InChI=1S/C32H41NO4/c1-5-6-7-11-20-33-29-22-27(37-23-26-15-9-8-10-16-26)17-18-28(29)30(34)31(32(33)35)36-21-19-25(4)14-12-13-24(2)3/h8-10,13,15-19,22,34H,5-7,11-12,14,20-21,23H2,1-4H3/b25-19+. The molecule has 0 aliphatic carbocycles. The van der Waals surface area contributed by atoms with Gasteiger partial charge in [0.05, 0.1) is 5.52 Å². The monoisotopic (exact) mass is 503 g/mol. The van der Waals surface area contributed by atoms with Crippen LogP contribution in [0.2, 0.25) is 0 Å². The first-order chi connectivity index (χ1) is 17.9. The molecule has 0 aliphatic heterocycles. The summed E-state index contributed by atoms with van der Waals surface area (Å²) in [5.74, 6) is 0.547. The van der Waals surface area contributed by atoms with Crippen LogP contribution in [0.4, 0.5) is 0 Å². The number of allylic oxidation sites excluding steroid dienone is 3. The van der Waals surface area contributed by atoms with Crippen molar-refractivity contribution in [2.75, 3.05) is 6.61 Å². The van der Waals surface area contributed by atoms with E-state index >= 15 is 0 Å². The number of ether oxygens (including phenoxy) is 2. The van der Waals surface area contributed by atoms with E-state index in [0.29, 0.717) is 29.8 Å². The molecule has 198 valence electrons. The summed E-state index contributed by atoms with van der Waals surface area (Å²) < 4.78 is 13.6. The highest BCUT2D eigenvalue weighted by molar-refractivity contribution is 5.88. The first-order valence-corrected chi connectivity index (χ1v) is 13.4. The van der Waals surface area contributed by atoms with Crippen molar-refractivity contribution < 1.29 is 14.6 Å². The third kappa shape index (κ3) is 8.28. The molecular weight excluding hydrogens is 462 g/mol. The van der Waals surface area contributed by atoms with E-state index in [4.69, 9.17) is 9.47 Å². The number of nitrogens with zero attached hydrogens (tertiary/aromatic N) is 1. The average Bonchev–Trinajstić information content (AvgIpc) is 2.89. The van der Waals surface area contributed by atoms with Gasteiger partial charge in [0.15, 0.2) is 5.75 Å². The Morgan fingerprint density at radius 1 is 0.973 bits per heavy atom. The summed E-state index contributed by atoms with van der Waals surface area (Å²) in [6.07, 6.45) is 10.3. The molecule has 1 N–H and O–H groups in total. The summed E-state index contributed by atoms with van der Waals surface area (Å²) in [5.41, 5.74) is 3.91.